The fraction of sp³-hybridized carbons (Fsp3) is 0.476. The van der Waals surface area contributed by atoms with Crippen molar-refractivity contribution in [1.82, 2.24) is 14.5 Å². The van der Waals surface area contributed by atoms with Gasteiger partial charge in [0.15, 0.2) is 17.3 Å². The van der Waals surface area contributed by atoms with Gasteiger partial charge in [-0.15, -0.1) is 0 Å². The molecule has 0 unspecified atom stereocenters. The zero-order chi connectivity index (χ0) is 20.6. The number of guanidine groups is 1. The molecule has 0 aliphatic carbocycles. The van der Waals surface area contributed by atoms with E-state index < -0.39 is 0 Å². The summed E-state index contributed by atoms with van der Waals surface area (Å²) in [6.45, 7) is 9.64. The number of hydrogen-bond donors (Lipinski definition) is 1. The monoisotopic (exact) mass is 398 g/mol. The lowest BCUT2D eigenvalue weighted by atomic mass is 10.2. The number of methoxy groups -OCH3 is 1. The van der Waals surface area contributed by atoms with Crippen molar-refractivity contribution >= 4 is 24.2 Å². The second kappa shape index (κ2) is 10.1. The molecule has 8 nitrogen and oxygen atoms in total. The maximum atomic E-state index is 6.00. The Kier molecular flexibility index (Phi) is 7.24. The van der Waals surface area contributed by atoms with Gasteiger partial charge in [-0.1, -0.05) is 0 Å². The van der Waals surface area contributed by atoms with E-state index in [1.54, 1.807) is 13.4 Å². The number of anilines is 1. The molecule has 2 aromatic rings. The van der Waals surface area contributed by atoms with Crippen molar-refractivity contribution in [3.63, 3.8) is 0 Å². The van der Waals surface area contributed by atoms with Gasteiger partial charge in [-0.25, -0.2) is 9.98 Å². The molecule has 1 aromatic heterocycles. The zero-order valence-corrected chi connectivity index (χ0v) is 17.5. The second-order valence-electron chi connectivity index (χ2n) is 7.10. The highest BCUT2D eigenvalue weighted by Gasteiger charge is 2.12. The van der Waals surface area contributed by atoms with Crippen LogP contribution in [0.1, 0.15) is 25.0 Å². The van der Waals surface area contributed by atoms with E-state index in [1.165, 1.54) is 25.9 Å². The summed E-state index contributed by atoms with van der Waals surface area (Å²) in [7, 11) is 3.53. The molecule has 1 saturated heterocycles. The summed E-state index contributed by atoms with van der Waals surface area (Å²) in [5.74, 6) is 2.51. The Hall–Kier alpha value is -2.87. The topological polar surface area (TPSA) is 76.3 Å². The SMILES string of the molecule is C=N/C(=N\c1c(C)ncn1C)Nc1ccc(OC)c(OCCCN2CCCC2)c1. The quantitative estimate of drug-likeness (QED) is 0.419. The highest BCUT2D eigenvalue weighted by atomic mass is 16.5. The van der Waals surface area contributed by atoms with E-state index in [0.29, 0.717) is 24.1 Å². The van der Waals surface area contributed by atoms with E-state index in [0.717, 1.165) is 30.2 Å². The molecule has 0 atom stereocenters. The predicted molar refractivity (Wildman–Crippen MR) is 117 cm³/mol. The van der Waals surface area contributed by atoms with Gasteiger partial charge in [-0.2, -0.15) is 4.99 Å². The molecular weight excluding hydrogens is 368 g/mol. The Labute approximate surface area is 172 Å². The van der Waals surface area contributed by atoms with Crippen molar-refractivity contribution in [3.8, 4) is 11.5 Å². The number of hydrogen-bond acceptors (Lipinski definition) is 5. The van der Waals surface area contributed by atoms with Crippen molar-refractivity contribution < 1.29 is 9.47 Å². The average molecular weight is 399 g/mol. The number of likely N-dealkylation sites (tertiary alicyclic amines) is 1. The zero-order valence-electron chi connectivity index (χ0n) is 17.5. The van der Waals surface area contributed by atoms with E-state index in [1.807, 2.05) is 36.7 Å². The summed E-state index contributed by atoms with van der Waals surface area (Å²) in [4.78, 5) is 15.3. The number of benzene rings is 1. The summed E-state index contributed by atoms with van der Waals surface area (Å²) in [5, 5.41) is 3.18. The van der Waals surface area contributed by atoms with Crippen LogP contribution in [-0.2, 0) is 7.05 Å². The normalized spacial score (nSPS) is 14.8. The van der Waals surface area contributed by atoms with Crippen LogP contribution < -0.4 is 14.8 Å². The van der Waals surface area contributed by atoms with Gasteiger partial charge < -0.3 is 24.3 Å². The third kappa shape index (κ3) is 5.57. The second-order valence-corrected chi connectivity index (χ2v) is 7.10. The standard InChI is InChI=1S/C21H30N6O2/c1-16-20(26(3)15-23-16)25-21(22-2)24-17-8-9-18(28-4)19(14-17)29-13-7-12-27-10-5-6-11-27/h8-9,14-15H,2,5-7,10-13H2,1,3-4H3,(H,24,25). The van der Waals surface area contributed by atoms with Crippen LogP contribution in [0, 0.1) is 6.92 Å². The minimum atomic E-state index is 0.391. The molecule has 1 N–H and O–H groups in total. The fourth-order valence-corrected chi connectivity index (χ4v) is 3.38. The van der Waals surface area contributed by atoms with Gasteiger partial charge in [0, 0.05) is 25.3 Å². The van der Waals surface area contributed by atoms with Crippen molar-refractivity contribution in [2.45, 2.75) is 26.2 Å². The summed E-state index contributed by atoms with van der Waals surface area (Å²) >= 11 is 0. The highest BCUT2D eigenvalue weighted by molar-refractivity contribution is 5.98. The Morgan fingerprint density at radius 3 is 2.72 bits per heavy atom. The molecule has 0 saturated carbocycles. The van der Waals surface area contributed by atoms with E-state index >= 15 is 0 Å². The number of rotatable bonds is 8. The maximum absolute atomic E-state index is 6.00. The van der Waals surface area contributed by atoms with Crippen molar-refractivity contribution in [2.24, 2.45) is 17.0 Å². The first kappa shape index (κ1) is 20.9. The van der Waals surface area contributed by atoms with Gasteiger partial charge in [0.25, 0.3) is 0 Å². The molecule has 8 heteroatoms. The summed E-state index contributed by atoms with van der Waals surface area (Å²) in [5.41, 5.74) is 1.62. The molecule has 0 amide bonds. The molecular formula is C21H30N6O2. The lowest BCUT2D eigenvalue weighted by molar-refractivity contribution is 0.254. The first-order valence-corrected chi connectivity index (χ1v) is 9.94. The van der Waals surface area contributed by atoms with E-state index in [9.17, 15) is 0 Å². The molecule has 0 radical (unpaired) electrons. The molecule has 0 bridgehead atoms. The van der Waals surface area contributed by atoms with Gasteiger partial charge >= 0.3 is 0 Å². The van der Waals surface area contributed by atoms with Crippen LogP contribution in [0.5, 0.6) is 11.5 Å². The smallest absolute Gasteiger partial charge is 0.228 e. The van der Waals surface area contributed by atoms with E-state index in [-0.39, 0.29) is 0 Å². The Bertz CT molecular complexity index is 835. The van der Waals surface area contributed by atoms with Gasteiger partial charge in [-0.05, 0) is 58.1 Å². The molecule has 2 heterocycles. The molecule has 1 fully saturated rings. The molecule has 29 heavy (non-hydrogen) atoms. The summed E-state index contributed by atoms with van der Waals surface area (Å²) in [6.07, 6.45) is 5.32. The van der Waals surface area contributed by atoms with Gasteiger partial charge in [0.1, 0.15) is 0 Å². The van der Waals surface area contributed by atoms with Crippen LogP contribution in [0.3, 0.4) is 0 Å². The Balaban J connectivity index is 1.65. The lowest BCUT2D eigenvalue weighted by Gasteiger charge is -2.16. The van der Waals surface area contributed by atoms with Crippen LogP contribution >= 0.6 is 0 Å². The van der Waals surface area contributed by atoms with Crippen molar-refractivity contribution in [1.29, 1.82) is 0 Å². The van der Waals surface area contributed by atoms with Crippen molar-refractivity contribution in [3.05, 3.63) is 30.2 Å². The third-order valence-electron chi connectivity index (χ3n) is 4.94. The highest BCUT2D eigenvalue weighted by Crippen LogP contribution is 2.30. The van der Waals surface area contributed by atoms with Crippen LogP contribution in [0.15, 0.2) is 34.5 Å². The van der Waals surface area contributed by atoms with Crippen LogP contribution in [-0.4, -0.2) is 60.5 Å². The lowest BCUT2D eigenvalue weighted by Crippen LogP contribution is -2.22. The van der Waals surface area contributed by atoms with E-state index in [2.05, 4.69) is 31.9 Å². The minimum Gasteiger partial charge on any atom is -0.493 e. The van der Waals surface area contributed by atoms with Gasteiger partial charge in [-0.3, -0.25) is 0 Å². The largest absolute Gasteiger partial charge is 0.493 e. The summed E-state index contributed by atoms with van der Waals surface area (Å²) in [6, 6.07) is 5.66. The first-order valence-electron chi connectivity index (χ1n) is 9.94. The van der Waals surface area contributed by atoms with Crippen LogP contribution in [0.2, 0.25) is 0 Å². The molecule has 1 aliphatic heterocycles. The van der Waals surface area contributed by atoms with Crippen LogP contribution in [0.25, 0.3) is 0 Å². The first-order chi connectivity index (χ1) is 14.1. The number of ether oxygens (including phenoxy) is 2. The number of nitrogens with zero attached hydrogens (tertiary/aromatic N) is 5. The number of aliphatic imine (C=N–C) groups is 2. The number of nitrogens with one attached hydrogen (secondary N) is 1. The van der Waals surface area contributed by atoms with Crippen LogP contribution in [0.4, 0.5) is 11.5 Å². The predicted octanol–water partition coefficient (Wildman–Crippen LogP) is 3.40. The number of imidazole rings is 1. The minimum absolute atomic E-state index is 0.391. The molecule has 1 aromatic carbocycles. The number of aromatic nitrogens is 2. The third-order valence-corrected chi connectivity index (χ3v) is 4.94. The molecule has 3 rings (SSSR count). The fourth-order valence-electron chi connectivity index (χ4n) is 3.38. The maximum Gasteiger partial charge on any atom is 0.228 e. The molecule has 1 aliphatic rings. The number of aryl methyl sites for hydroxylation is 2. The average Bonchev–Trinajstić information content (AvgIpc) is 3.36. The van der Waals surface area contributed by atoms with E-state index in [4.69, 9.17) is 9.47 Å². The molecule has 156 valence electrons. The molecule has 0 spiro atoms. The Morgan fingerprint density at radius 2 is 2.07 bits per heavy atom. The van der Waals surface area contributed by atoms with Gasteiger partial charge in [0.2, 0.25) is 5.96 Å². The van der Waals surface area contributed by atoms with Crippen molar-refractivity contribution in [2.75, 3.05) is 38.7 Å². The Morgan fingerprint density at radius 1 is 1.28 bits per heavy atom. The van der Waals surface area contributed by atoms with Gasteiger partial charge in [0.05, 0.1) is 25.7 Å². The summed E-state index contributed by atoms with van der Waals surface area (Å²) < 4.78 is 13.3.